The lowest BCUT2D eigenvalue weighted by atomic mass is 10.3. The molecule has 3 N–H and O–H groups in total. The lowest BCUT2D eigenvalue weighted by molar-refractivity contribution is 0.181. The zero-order chi connectivity index (χ0) is 13.3. The van der Waals surface area contributed by atoms with Crippen LogP contribution in [0.25, 0.3) is 5.69 Å². The number of aromatic amines is 1. The van der Waals surface area contributed by atoms with Gasteiger partial charge in [-0.2, -0.15) is 0 Å². The summed E-state index contributed by atoms with van der Waals surface area (Å²) in [6.45, 7) is 0.222. The van der Waals surface area contributed by atoms with Crippen LogP contribution in [-0.4, -0.2) is 16.9 Å². The van der Waals surface area contributed by atoms with Crippen molar-refractivity contribution in [1.29, 1.82) is 0 Å². The van der Waals surface area contributed by atoms with Crippen molar-refractivity contribution in [2.45, 2.75) is 6.61 Å². The molecular formula is C11H11Cl2N3O2. The molecule has 0 saturated heterocycles. The number of nitrogens with one attached hydrogen (secondary N) is 1. The first-order valence-corrected chi connectivity index (χ1v) is 5.84. The third-order valence-electron chi connectivity index (χ3n) is 2.44. The minimum atomic E-state index is -0.369. The van der Waals surface area contributed by atoms with Crippen LogP contribution in [0.5, 0.6) is 0 Å². The molecule has 0 amide bonds. The van der Waals surface area contributed by atoms with E-state index in [4.69, 9.17) is 33.7 Å². The Bertz CT molecular complexity index is 634. The van der Waals surface area contributed by atoms with Crippen molar-refractivity contribution in [3.8, 4) is 5.69 Å². The van der Waals surface area contributed by atoms with E-state index in [9.17, 15) is 4.79 Å². The number of hydrogen-bond donors (Lipinski definition) is 2. The summed E-state index contributed by atoms with van der Waals surface area (Å²) in [7, 11) is 1.52. The first kappa shape index (κ1) is 13.0. The number of methoxy groups -OCH3 is 1. The summed E-state index contributed by atoms with van der Waals surface area (Å²) in [6.07, 6.45) is 0. The van der Waals surface area contributed by atoms with Crippen LogP contribution in [0.2, 0.25) is 10.0 Å². The molecule has 0 aliphatic heterocycles. The Balaban J connectivity index is 2.57. The molecule has 0 unspecified atom stereocenters. The van der Waals surface area contributed by atoms with Gasteiger partial charge in [0.15, 0.2) is 0 Å². The fourth-order valence-corrected chi connectivity index (χ4v) is 2.08. The van der Waals surface area contributed by atoms with Crippen LogP contribution in [0.3, 0.4) is 0 Å². The van der Waals surface area contributed by atoms with Gasteiger partial charge in [0.05, 0.1) is 23.0 Å². The van der Waals surface area contributed by atoms with Gasteiger partial charge in [0.1, 0.15) is 5.69 Å². The number of nitrogens with two attached hydrogens (primary N) is 1. The molecule has 0 aliphatic carbocycles. The van der Waals surface area contributed by atoms with Crippen molar-refractivity contribution in [1.82, 2.24) is 9.78 Å². The van der Waals surface area contributed by atoms with Crippen LogP contribution in [0.4, 0.5) is 5.69 Å². The number of anilines is 1. The van der Waals surface area contributed by atoms with E-state index in [-0.39, 0.29) is 17.9 Å². The van der Waals surface area contributed by atoms with Crippen molar-refractivity contribution >= 4 is 28.9 Å². The number of benzene rings is 1. The van der Waals surface area contributed by atoms with E-state index in [0.29, 0.717) is 21.4 Å². The average molecular weight is 288 g/mol. The SMILES string of the molecule is COCc1[nH]n(-c2ccc(Cl)cc2Cl)c(=O)c1N. The molecule has 0 fully saturated rings. The van der Waals surface area contributed by atoms with E-state index in [1.165, 1.54) is 11.8 Å². The summed E-state index contributed by atoms with van der Waals surface area (Å²) in [5.41, 5.74) is 6.43. The maximum Gasteiger partial charge on any atom is 0.294 e. The molecule has 7 heteroatoms. The average Bonchev–Trinajstić information content (AvgIpc) is 2.58. The van der Waals surface area contributed by atoms with Crippen molar-refractivity contribution in [2.75, 3.05) is 12.8 Å². The topological polar surface area (TPSA) is 73.0 Å². The molecule has 1 aromatic carbocycles. The number of hydrogen-bond acceptors (Lipinski definition) is 3. The number of nitrogens with zero attached hydrogens (tertiary/aromatic N) is 1. The molecule has 0 saturated carbocycles. The predicted molar refractivity (Wildman–Crippen MR) is 71.5 cm³/mol. The Morgan fingerprint density at radius 1 is 1.44 bits per heavy atom. The molecule has 2 aromatic rings. The lowest BCUT2D eigenvalue weighted by Crippen LogP contribution is -2.16. The van der Waals surface area contributed by atoms with Crippen molar-refractivity contribution in [3.63, 3.8) is 0 Å². The second kappa shape index (κ2) is 5.06. The molecule has 0 atom stereocenters. The van der Waals surface area contributed by atoms with Crippen LogP contribution in [0.1, 0.15) is 5.69 Å². The van der Waals surface area contributed by atoms with Crippen molar-refractivity contribution in [2.24, 2.45) is 0 Å². The molecular weight excluding hydrogens is 277 g/mol. The number of nitrogen functional groups attached to an aromatic ring is 1. The molecule has 0 aliphatic rings. The zero-order valence-corrected chi connectivity index (χ0v) is 11.0. The zero-order valence-electron chi connectivity index (χ0n) is 9.54. The van der Waals surface area contributed by atoms with Gasteiger partial charge in [-0.05, 0) is 18.2 Å². The summed E-state index contributed by atoms with van der Waals surface area (Å²) in [6, 6.07) is 4.83. The van der Waals surface area contributed by atoms with Crippen LogP contribution in [0, 0.1) is 0 Å². The first-order valence-electron chi connectivity index (χ1n) is 5.08. The third kappa shape index (κ3) is 2.25. The van der Waals surface area contributed by atoms with E-state index >= 15 is 0 Å². The fraction of sp³-hybridized carbons (Fsp3) is 0.182. The summed E-state index contributed by atoms with van der Waals surface area (Å²) < 4.78 is 6.21. The Morgan fingerprint density at radius 3 is 2.78 bits per heavy atom. The van der Waals surface area contributed by atoms with Gasteiger partial charge < -0.3 is 10.5 Å². The minimum absolute atomic E-state index is 0.114. The number of aromatic nitrogens is 2. The van der Waals surface area contributed by atoms with Gasteiger partial charge in [0, 0.05) is 12.1 Å². The Morgan fingerprint density at radius 2 is 2.17 bits per heavy atom. The maximum atomic E-state index is 12.0. The Kier molecular flexibility index (Phi) is 3.65. The van der Waals surface area contributed by atoms with Crippen LogP contribution in [-0.2, 0) is 11.3 Å². The van der Waals surface area contributed by atoms with Crippen molar-refractivity contribution < 1.29 is 4.74 Å². The number of halogens is 2. The van der Waals surface area contributed by atoms with E-state index in [2.05, 4.69) is 5.10 Å². The number of ether oxygens (including phenoxy) is 1. The quantitative estimate of drug-likeness (QED) is 0.909. The van der Waals surface area contributed by atoms with E-state index in [0.717, 1.165) is 0 Å². The molecule has 5 nitrogen and oxygen atoms in total. The monoisotopic (exact) mass is 287 g/mol. The highest BCUT2D eigenvalue weighted by atomic mass is 35.5. The van der Waals surface area contributed by atoms with Gasteiger partial charge in [0.2, 0.25) is 0 Å². The largest absolute Gasteiger partial charge is 0.393 e. The second-order valence-corrected chi connectivity index (χ2v) is 4.52. The normalized spacial score (nSPS) is 10.8. The standard InChI is InChI=1S/C11H11Cl2N3O2/c1-18-5-8-10(14)11(17)16(15-8)9-3-2-6(12)4-7(9)13/h2-4,15H,5,14H2,1H3. The molecule has 18 heavy (non-hydrogen) atoms. The van der Waals surface area contributed by atoms with Gasteiger partial charge in [0.25, 0.3) is 5.56 Å². The maximum absolute atomic E-state index is 12.0. The Hall–Kier alpha value is -1.43. The van der Waals surface area contributed by atoms with Crippen LogP contribution in [0.15, 0.2) is 23.0 Å². The molecule has 96 valence electrons. The van der Waals surface area contributed by atoms with Gasteiger partial charge in [-0.3, -0.25) is 9.89 Å². The van der Waals surface area contributed by atoms with Crippen LogP contribution >= 0.6 is 23.2 Å². The van der Waals surface area contributed by atoms with Gasteiger partial charge in [-0.25, -0.2) is 4.68 Å². The first-order chi connectivity index (χ1) is 8.54. The molecule has 1 heterocycles. The van der Waals surface area contributed by atoms with Gasteiger partial charge >= 0.3 is 0 Å². The molecule has 0 bridgehead atoms. The summed E-state index contributed by atoms with van der Waals surface area (Å²) in [5, 5.41) is 3.70. The van der Waals surface area contributed by atoms with E-state index < -0.39 is 0 Å². The van der Waals surface area contributed by atoms with E-state index in [1.807, 2.05) is 0 Å². The lowest BCUT2D eigenvalue weighted by Gasteiger charge is -2.04. The summed E-state index contributed by atoms with van der Waals surface area (Å²) in [5.74, 6) is 0. The summed E-state index contributed by atoms with van der Waals surface area (Å²) >= 11 is 11.8. The smallest absolute Gasteiger partial charge is 0.294 e. The third-order valence-corrected chi connectivity index (χ3v) is 2.98. The highest BCUT2D eigenvalue weighted by molar-refractivity contribution is 6.35. The minimum Gasteiger partial charge on any atom is -0.393 e. The Labute approximate surface area is 113 Å². The van der Waals surface area contributed by atoms with Crippen LogP contribution < -0.4 is 11.3 Å². The molecule has 0 radical (unpaired) electrons. The van der Waals surface area contributed by atoms with Gasteiger partial charge in [-0.15, -0.1) is 0 Å². The highest BCUT2D eigenvalue weighted by Crippen LogP contribution is 2.23. The highest BCUT2D eigenvalue weighted by Gasteiger charge is 2.14. The number of rotatable bonds is 3. The second-order valence-electron chi connectivity index (χ2n) is 3.67. The van der Waals surface area contributed by atoms with Crippen molar-refractivity contribution in [3.05, 3.63) is 44.3 Å². The summed E-state index contributed by atoms with van der Waals surface area (Å²) in [4.78, 5) is 12.0. The molecule has 2 rings (SSSR count). The predicted octanol–water partition coefficient (Wildman–Crippen LogP) is 2.20. The molecule has 1 aromatic heterocycles. The molecule has 0 spiro atoms. The fourth-order valence-electron chi connectivity index (χ4n) is 1.58. The van der Waals surface area contributed by atoms with E-state index in [1.54, 1.807) is 18.2 Å². The number of H-pyrrole nitrogens is 1. The van der Waals surface area contributed by atoms with Gasteiger partial charge in [-0.1, -0.05) is 23.2 Å².